The Morgan fingerprint density at radius 3 is 1.15 bits per heavy atom. The summed E-state index contributed by atoms with van der Waals surface area (Å²) in [5.41, 5.74) is 2.62. The summed E-state index contributed by atoms with van der Waals surface area (Å²) in [6.07, 6.45) is -6.28. The largest absolute Gasteiger partial charge is 0.417 e. The van der Waals surface area contributed by atoms with Crippen LogP contribution in [-0.2, 0) is 12.4 Å². The summed E-state index contributed by atoms with van der Waals surface area (Å²) in [4.78, 5) is 18.6. The highest BCUT2D eigenvalue weighted by atomic mass is 19.4. The molecule has 52 heavy (non-hydrogen) atoms. The van der Waals surface area contributed by atoms with Gasteiger partial charge in [-0.3, -0.25) is 9.97 Å². The van der Waals surface area contributed by atoms with Crippen molar-refractivity contribution in [1.82, 2.24) is 19.9 Å². The minimum absolute atomic E-state index is 0.111. The lowest BCUT2D eigenvalue weighted by molar-refractivity contribution is -0.137. The van der Waals surface area contributed by atoms with Gasteiger partial charge in [0.2, 0.25) is 0 Å². The number of nitrogens with zero attached hydrogens (tertiary/aromatic N) is 4. The quantitative estimate of drug-likeness (QED) is 0.162. The third kappa shape index (κ3) is 6.67. The minimum atomic E-state index is -4.75. The number of halogens is 6. The summed E-state index contributed by atoms with van der Waals surface area (Å²) in [6.45, 7) is 3.71. The molecule has 4 nitrogen and oxygen atoms in total. The Kier molecular flexibility index (Phi) is 8.92. The van der Waals surface area contributed by atoms with E-state index in [1.165, 1.54) is 48.5 Å². The lowest BCUT2D eigenvalue weighted by Gasteiger charge is -2.22. The van der Waals surface area contributed by atoms with E-state index in [-0.39, 0.29) is 44.8 Å². The molecule has 0 radical (unpaired) electrons. The van der Waals surface area contributed by atoms with Crippen molar-refractivity contribution >= 4 is 0 Å². The van der Waals surface area contributed by atoms with Crippen molar-refractivity contribution in [2.45, 2.75) is 26.2 Å². The molecule has 0 saturated heterocycles. The lowest BCUT2D eigenvalue weighted by atomic mass is 9.85. The average Bonchev–Trinajstić information content (AvgIpc) is 3.14. The fraction of sp³-hybridized carbons (Fsp3) is 0.0952. The van der Waals surface area contributed by atoms with Gasteiger partial charge in [0.1, 0.15) is 0 Å². The van der Waals surface area contributed by atoms with E-state index < -0.39 is 23.5 Å². The van der Waals surface area contributed by atoms with Crippen LogP contribution in [0, 0.1) is 13.8 Å². The molecule has 7 rings (SSSR count). The zero-order chi connectivity index (χ0) is 36.6. The zero-order valence-electron chi connectivity index (χ0n) is 27.8. The first-order valence-corrected chi connectivity index (χ1v) is 16.2. The van der Waals surface area contributed by atoms with Crippen LogP contribution >= 0.6 is 0 Å². The Morgan fingerprint density at radius 1 is 0.385 bits per heavy atom. The van der Waals surface area contributed by atoms with Gasteiger partial charge in [0, 0.05) is 23.5 Å². The molecule has 0 aliphatic carbocycles. The second-order valence-electron chi connectivity index (χ2n) is 12.2. The van der Waals surface area contributed by atoms with E-state index in [2.05, 4.69) is 9.97 Å². The summed E-state index contributed by atoms with van der Waals surface area (Å²) in [6, 6.07) is 30.6. The second-order valence-corrected chi connectivity index (χ2v) is 12.2. The van der Waals surface area contributed by atoms with Gasteiger partial charge < -0.3 is 0 Å². The summed E-state index contributed by atoms with van der Waals surface area (Å²) < 4.78 is 88.0. The molecule has 258 valence electrons. The van der Waals surface area contributed by atoms with Crippen LogP contribution in [0.4, 0.5) is 26.3 Å². The standard InChI is InChI=1S/C42H28F6N4/c1-25-11-9-21-49-39(25)37-19-7-17-35(51-37)31-23-30(28-14-4-6-16-34(28)42(46,47)48)32(24-29(31)27-13-3-5-15-33(27)41(43,44)45)36-18-8-20-38(52-36)40-26(2)12-10-22-50-40/h3-24H,1-2H3. The third-order valence-electron chi connectivity index (χ3n) is 8.76. The first-order valence-electron chi connectivity index (χ1n) is 16.2. The van der Waals surface area contributed by atoms with Crippen LogP contribution in [0.15, 0.2) is 134 Å². The molecule has 4 aromatic heterocycles. The number of hydrogen-bond donors (Lipinski definition) is 0. The number of pyridine rings is 4. The first-order chi connectivity index (χ1) is 24.9. The molecular weight excluding hydrogens is 674 g/mol. The van der Waals surface area contributed by atoms with Crippen molar-refractivity contribution in [1.29, 1.82) is 0 Å². The molecule has 7 aromatic rings. The molecule has 4 heterocycles. The molecule has 0 amide bonds. The van der Waals surface area contributed by atoms with E-state index in [0.29, 0.717) is 22.8 Å². The Balaban J connectivity index is 1.60. The molecular formula is C42H28F6N4. The van der Waals surface area contributed by atoms with E-state index in [4.69, 9.17) is 9.97 Å². The molecule has 0 aliphatic rings. The molecule has 0 spiro atoms. The summed E-state index contributed by atoms with van der Waals surface area (Å²) in [7, 11) is 0. The fourth-order valence-corrected chi connectivity index (χ4v) is 6.34. The number of aryl methyl sites for hydroxylation is 2. The molecule has 0 unspecified atom stereocenters. The van der Waals surface area contributed by atoms with Crippen LogP contribution in [0.2, 0.25) is 0 Å². The molecule has 0 atom stereocenters. The van der Waals surface area contributed by atoms with Crippen LogP contribution in [0.1, 0.15) is 22.3 Å². The normalized spacial score (nSPS) is 11.8. The van der Waals surface area contributed by atoms with Crippen molar-refractivity contribution in [2.75, 3.05) is 0 Å². The van der Waals surface area contributed by atoms with Crippen molar-refractivity contribution < 1.29 is 26.3 Å². The molecule has 10 heteroatoms. The van der Waals surface area contributed by atoms with Gasteiger partial charge in [0.05, 0.1) is 45.3 Å². The molecule has 0 aliphatic heterocycles. The number of benzene rings is 3. The van der Waals surface area contributed by atoms with Gasteiger partial charge in [-0.2, -0.15) is 26.3 Å². The predicted molar refractivity (Wildman–Crippen MR) is 190 cm³/mol. The van der Waals surface area contributed by atoms with E-state index in [1.54, 1.807) is 60.9 Å². The van der Waals surface area contributed by atoms with Crippen molar-refractivity contribution in [3.8, 4) is 67.5 Å². The van der Waals surface area contributed by atoms with Crippen molar-refractivity contribution in [3.05, 3.63) is 156 Å². The average molecular weight is 703 g/mol. The zero-order valence-corrected chi connectivity index (χ0v) is 27.8. The van der Waals surface area contributed by atoms with Gasteiger partial charge in [-0.25, -0.2) is 9.97 Å². The fourth-order valence-electron chi connectivity index (χ4n) is 6.34. The van der Waals surface area contributed by atoms with Crippen molar-refractivity contribution in [2.24, 2.45) is 0 Å². The predicted octanol–water partition coefficient (Wildman–Crippen LogP) is 11.9. The van der Waals surface area contributed by atoms with Gasteiger partial charge >= 0.3 is 12.4 Å². The van der Waals surface area contributed by atoms with Gasteiger partial charge in [0.15, 0.2) is 0 Å². The minimum Gasteiger partial charge on any atom is -0.254 e. The third-order valence-corrected chi connectivity index (χ3v) is 8.76. The van der Waals surface area contributed by atoms with Crippen molar-refractivity contribution in [3.63, 3.8) is 0 Å². The monoisotopic (exact) mass is 702 g/mol. The van der Waals surface area contributed by atoms with E-state index in [9.17, 15) is 26.3 Å². The van der Waals surface area contributed by atoms with E-state index >= 15 is 0 Å². The van der Waals surface area contributed by atoms with E-state index in [1.807, 2.05) is 26.0 Å². The van der Waals surface area contributed by atoms with Crippen LogP contribution in [0.5, 0.6) is 0 Å². The van der Waals surface area contributed by atoms with Crippen LogP contribution in [0.3, 0.4) is 0 Å². The first kappa shape index (κ1) is 34.3. The highest BCUT2D eigenvalue weighted by Gasteiger charge is 2.36. The Bertz CT molecular complexity index is 2260. The summed E-state index contributed by atoms with van der Waals surface area (Å²) >= 11 is 0. The summed E-state index contributed by atoms with van der Waals surface area (Å²) in [5.74, 6) is 0. The summed E-state index contributed by atoms with van der Waals surface area (Å²) in [5, 5.41) is 0. The maximum absolute atomic E-state index is 14.7. The van der Waals surface area contributed by atoms with Gasteiger partial charge in [-0.1, -0.05) is 60.7 Å². The second kappa shape index (κ2) is 13.5. The molecule has 3 aromatic carbocycles. The molecule has 0 saturated carbocycles. The van der Waals surface area contributed by atoms with Gasteiger partial charge in [-0.05, 0) is 108 Å². The topological polar surface area (TPSA) is 51.6 Å². The number of rotatable bonds is 6. The maximum atomic E-state index is 14.7. The van der Waals surface area contributed by atoms with Crippen LogP contribution in [-0.4, -0.2) is 19.9 Å². The van der Waals surface area contributed by atoms with Crippen LogP contribution < -0.4 is 0 Å². The number of hydrogen-bond acceptors (Lipinski definition) is 4. The smallest absolute Gasteiger partial charge is 0.254 e. The Hall–Kier alpha value is -6.16. The SMILES string of the molecule is Cc1cccnc1-c1cccc(-c2cc(-c3ccccc3C(F)(F)F)c(-c3cccc(-c4ncccc4C)n3)cc2-c2ccccc2C(F)(F)F)n1. The Morgan fingerprint density at radius 2 is 0.769 bits per heavy atom. The molecule has 0 bridgehead atoms. The molecule has 0 fully saturated rings. The highest BCUT2D eigenvalue weighted by Crippen LogP contribution is 2.47. The van der Waals surface area contributed by atoms with Gasteiger partial charge in [-0.15, -0.1) is 0 Å². The Labute approximate surface area is 295 Å². The van der Waals surface area contributed by atoms with Gasteiger partial charge in [0.25, 0.3) is 0 Å². The van der Waals surface area contributed by atoms with E-state index in [0.717, 1.165) is 23.3 Å². The number of alkyl halides is 6. The molecule has 0 N–H and O–H groups in total. The highest BCUT2D eigenvalue weighted by molar-refractivity contribution is 5.95. The lowest BCUT2D eigenvalue weighted by Crippen LogP contribution is -2.09. The maximum Gasteiger partial charge on any atom is 0.417 e. The van der Waals surface area contributed by atoms with Crippen LogP contribution in [0.25, 0.3) is 67.5 Å². The number of aromatic nitrogens is 4.